The molecule has 0 spiro atoms. The van der Waals surface area contributed by atoms with Crippen LogP contribution in [0.2, 0.25) is 0 Å². The molecule has 1 aromatic rings. The number of rotatable bonds is 6. The number of hydrogen-bond acceptors (Lipinski definition) is 3. The van der Waals surface area contributed by atoms with E-state index in [1.807, 2.05) is 13.8 Å². The van der Waals surface area contributed by atoms with Crippen molar-refractivity contribution in [3.8, 4) is 0 Å². The summed E-state index contributed by atoms with van der Waals surface area (Å²) in [6, 6.07) is -0.144. The Morgan fingerprint density at radius 1 is 1.45 bits per heavy atom. The van der Waals surface area contributed by atoms with Crippen LogP contribution in [0.4, 0.5) is 0 Å². The second-order valence-electron chi connectivity index (χ2n) is 5.31. The molecule has 0 aliphatic heterocycles. The third-order valence-corrected chi connectivity index (χ3v) is 5.08. The van der Waals surface area contributed by atoms with E-state index >= 15 is 0 Å². The maximum Gasteiger partial charge on any atom is 0.244 e. The fourth-order valence-corrected chi connectivity index (χ4v) is 3.67. The summed E-state index contributed by atoms with van der Waals surface area (Å²) in [4.78, 5) is 0.245. The molecule has 0 saturated carbocycles. The lowest BCUT2D eigenvalue weighted by Gasteiger charge is -2.20. The van der Waals surface area contributed by atoms with Gasteiger partial charge in [0.15, 0.2) is 0 Å². The lowest BCUT2D eigenvalue weighted by Crippen LogP contribution is -2.34. The first-order chi connectivity index (χ1) is 9.53. The molecule has 5 nitrogen and oxygen atoms in total. The van der Waals surface area contributed by atoms with Gasteiger partial charge in [0, 0.05) is 18.8 Å². The molecular weight excluding hydrogens is 274 g/mol. The van der Waals surface area contributed by atoms with Gasteiger partial charge in [0.2, 0.25) is 10.0 Å². The van der Waals surface area contributed by atoms with Crippen molar-refractivity contribution in [3.05, 3.63) is 24.0 Å². The Labute approximate surface area is 121 Å². The number of aryl methyl sites for hydroxylation is 1. The van der Waals surface area contributed by atoms with Gasteiger partial charge in [-0.15, -0.1) is 0 Å². The molecule has 0 aromatic carbocycles. The van der Waals surface area contributed by atoms with Gasteiger partial charge in [-0.2, -0.15) is 5.10 Å². The zero-order valence-corrected chi connectivity index (χ0v) is 13.0. The molecule has 0 bridgehead atoms. The van der Waals surface area contributed by atoms with E-state index in [1.165, 1.54) is 18.2 Å². The summed E-state index contributed by atoms with van der Waals surface area (Å²) in [7, 11) is -3.48. The Morgan fingerprint density at radius 2 is 2.25 bits per heavy atom. The Hall–Kier alpha value is -1.14. The standard InChI is InChI=1S/C14H23N3O2S/c1-3-9-17-11-14(10-15-17)20(18,19)16-12(2)13-7-5-4-6-8-13/h7,10-12,16H,3-6,8-9H2,1-2H3/t12-/m1/s1. The molecule has 0 saturated heterocycles. The molecule has 6 heteroatoms. The summed E-state index contributed by atoms with van der Waals surface area (Å²) in [5, 5.41) is 4.07. The van der Waals surface area contributed by atoms with Crippen molar-refractivity contribution in [1.82, 2.24) is 14.5 Å². The molecule has 1 N–H and O–H groups in total. The number of aromatic nitrogens is 2. The van der Waals surface area contributed by atoms with Crippen LogP contribution < -0.4 is 4.72 Å². The van der Waals surface area contributed by atoms with Crippen LogP contribution in [0, 0.1) is 0 Å². The summed E-state index contributed by atoms with van der Waals surface area (Å²) in [6.07, 6.45) is 10.5. The van der Waals surface area contributed by atoms with Gasteiger partial charge in [0.1, 0.15) is 4.90 Å². The van der Waals surface area contributed by atoms with Gasteiger partial charge in [0.25, 0.3) is 0 Å². The van der Waals surface area contributed by atoms with Crippen molar-refractivity contribution in [2.24, 2.45) is 0 Å². The summed E-state index contributed by atoms with van der Waals surface area (Å²) in [5.41, 5.74) is 1.20. The van der Waals surface area contributed by atoms with Crippen LogP contribution in [0.25, 0.3) is 0 Å². The van der Waals surface area contributed by atoms with Crippen LogP contribution in [0.3, 0.4) is 0 Å². The topological polar surface area (TPSA) is 64.0 Å². The fraction of sp³-hybridized carbons (Fsp3) is 0.643. The molecule has 0 fully saturated rings. The van der Waals surface area contributed by atoms with Crippen LogP contribution in [-0.2, 0) is 16.6 Å². The lowest BCUT2D eigenvalue weighted by atomic mass is 9.95. The fourth-order valence-electron chi connectivity index (χ4n) is 2.47. The minimum atomic E-state index is -3.48. The number of nitrogens with zero attached hydrogens (tertiary/aromatic N) is 2. The molecular formula is C14H23N3O2S. The van der Waals surface area contributed by atoms with Crippen LogP contribution in [0.5, 0.6) is 0 Å². The van der Waals surface area contributed by atoms with E-state index in [-0.39, 0.29) is 10.9 Å². The Bertz CT molecular complexity index is 575. The zero-order chi connectivity index (χ0) is 14.6. The van der Waals surface area contributed by atoms with E-state index in [0.717, 1.165) is 32.2 Å². The van der Waals surface area contributed by atoms with Crippen molar-refractivity contribution < 1.29 is 8.42 Å². The minimum absolute atomic E-state index is 0.144. The highest BCUT2D eigenvalue weighted by atomic mass is 32.2. The first kappa shape index (κ1) is 15.3. The molecule has 20 heavy (non-hydrogen) atoms. The monoisotopic (exact) mass is 297 g/mol. The Balaban J connectivity index is 2.07. The van der Waals surface area contributed by atoms with Crippen molar-refractivity contribution in [2.45, 2.75) is 63.4 Å². The summed E-state index contributed by atoms with van der Waals surface area (Å²) >= 11 is 0. The minimum Gasteiger partial charge on any atom is -0.271 e. The van der Waals surface area contributed by atoms with Crippen LogP contribution in [-0.4, -0.2) is 24.2 Å². The predicted octanol–water partition coefficient (Wildman–Crippen LogP) is 2.46. The average molecular weight is 297 g/mol. The second kappa shape index (κ2) is 6.54. The summed E-state index contributed by atoms with van der Waals surface area (Å²) in [6.45, 7) is 4.67. The third-order valence-electron chi connectivity index (χ3n) is 3.59. The van der Waals surface area contributed by atoms with Gasteiger partial charge in [0.05, 0.1) is 6.20 Å². The largest absolute Gasteiger partial charge is 0.271 e. The number of sulfonamides is 1. The van der Waals surface area contributed by atoms with E-state index < -0.39 is 10.0 Å². The van der Waals surface area contributed by atoms with Crippen LogP contribution in [0.15, 0.2) is 28.9 Å². The summed E-state index contributed by atoms with van der Waals surface area (Å²) < 4.78 is 29.0. The second-order valence-corrected chi connectivity index (χ2v) is 7.02. The van der Waals surface area contributed by atoms with Gasteiger partial charge in [-0.3, -0.25) is 4.68 Å². The first-order valence-corrected chi connectivity index (χ1v) is 8.75. The molecule has 1 aliphatic rings. The normalized spacial score (nSPS) is 17.8. The van der Waals surface area contributed by atoms with E-state index in [2.05, 4.69) is 15.9 Å². The van der Waals surface area contributed by atoms with Gasteiger partial charge < -0.3 is 0 Å². The number of allylic oxidation sites excluding steroid dienone is 1. The maximum atomic E-state index is 12.3. The van der Waals surface area contributed by atoms with Crippen molar-refractivity contribution in [2.75, 3.05) is 0 Å². The highest BCUT2D eigenvalue weighted by Crippen LogP contribution is 2.21. The van der Waals surface area contributed by atoms with E-state index in [1.54, 1.807) is 10.9 Å². The van der Waals surface area contributed by atoms with Crippen molar-refractivity contribution >= 4 is 10.0 Å². The maximum absolute atomic E-state index is 12.3. The van der Waals surface area contributed by atoms with E-state index in [9.17, 15) is 8.42 Å². The van der Waals surface area contributed by atoms with E-state index in [0.29, 0.717) is 0 Å². The van der Waals surface area contributed by atoms with Crippen molar-refractivity contribution in [3.63, 3.8) is 0 Å². The van der Waals surface area contributed by atoms with E-state index in [4.69, 9.17) is 0 Å². The van der Waals surface area contributed by atoms with Crippen LogP contribution in [0.1, 0.15) is 46.0 Å². The molecule has 1 atom stereocenters. The summed E-state index contributed by atoms with van der Waals surface area (Å²) in [5.74, 6) is 0. The lowest BCUT2D eigenvalue weighted by molar-refractivity contribution is 0.562. The zero-order valence-electron chi connectivity index (χ0n) is 12.2. The quantitative estimate of drug-likeness (QED) is 0.820. The average Bonchev–Trinajstić information content (AvgIpc) is 2.89. The molecule has 1 heterocycles. The number of nitrogens with one attached hydrogen (secondary N) is 1. The third kappa shape index (κ3) is 3.70. The molecule has 0 radical (unpaired) electrons. The Morgan fingerprint density at radius 3 is 2.90 bits per heavy atom. The molecule has 1 aromatic heterocycles. The van der Waals surface area contributed by atoms with Crippen LogP contribution >= 0.6 is 0 Å². The van der Waals surface area contributed by atoms with Crippen molar-refractivity contribution in [1.29, 1.82) is 0 Å². The van der Waals surface area contributed by atoms with Gasteiger partial charge >= 0.3 is 0 Å². The molecule has 112 valence electrons. The highest BCUT2D eigenvalue weighted by Gasteiger charge is 2.21. The molecule has 1 aliphatic carbocycles. The first-order valence-electron chi connectivity index (χ1n) is 7.26. The SMILES string of the molecule is CCCn1cc(S(=O)(=O)N[C@H](C)C2=CCCCC2)cn1. The molecule has 2 rings (SSSR count). The highest BCUT2D eigenvalue weighted by molar-refractivity contribution is 7.89. The number of hydrogen-bond donors (Lipinski definition) is 1. The molecule has 0 amide bonds. The van der Waals surface area contributed by atoms with Gasteiger partial charge in [-0.1, -0.05) is 18.6 Å². The molecule has 0 unspecified atom stereocenters. The Kier molecular flexibility index (Phi) is 4.99. The smallest absolute Gasteiger partial charge is 0.244 e. The predicted molar refractivity (Wildman–Crippen MR) is 78.9 cm³/mol. The van der Waals surface area contributed by atoms with Gasteiger partial charge in [-0.05, 0) is 39.0 Å². The van der Waals surface area contributed by atoms with Gasteiger partial charge in [-0.25, -0.2) is 13.1 Å².